The average molecular weight is 399 g/mol. The highest BCUT2D eigenvalue weighted by Crippen LogP contribution is 2.35. The van der Waals surface area contributed by atoms with Crippen LogP contribution in [0, 0.1) is 0 Å². The summed E-state index contributed by atoms with van der Waals surface area (Å²) in [5.74, 6) is 1.67. The van der Waals surface area contributed by atoms with Crippen LogP contribution in [-0.2, 0) is 13.0 Å². The van der Waals surface area contributed by atoms with Gasteiger partial charge in [-0.3, -0.25) is 4.68 Å². The van der Waals surface area contributed by atoms with Crippen LogP contribution in [0.2, 0.25) is 0 Å². The van der Waals surface area contributed by atoms with Gasteiger partial charge in [-0.2, -0.15) is 5.10 Å². The van der Waals surface area contributed by atoms with E-state index >= 15 is 0 Å². The van der Waals surface area contributed by atoms with E-state index < -0.39 is 0 Å². The second-order valence-electron chi connectivity index (χ2n) is 7.14. The van der Waals surface area contributed by atoms with Crippen molar-refractivity contribution < 1.29 is 9.47 Å². The molecule has 0 spiro atoms. The van der Waals surface area contributed by atoms with Gasteiger partial charge in [-0.1, -0.05) is 61.5 Å². The van der Waals surface area contributed by atoms with Gasteiger partial charge in [0.05, 0.1) is 32.2 Å². The SMILES string of the molecule is CCc1c(-c2cccc(OC)c2)nn(Cc2ccccc2)c1-c1cccc(OC)c1. The molecule has 30 heavy (non-hydrogen) atoms. The van der Waals surface area contributed by atoms with E-state index in [2.05, 4.69) is 54.1 Å². The van der Waals surface area contributed by atoms with E-state index in [4.69, 9.17) is 14.6 Å². The molecule has 0 saturated heterocycles. The Labute approximate surface area is 177 Å². The quantitative estimate of drug-likeness (QED) is 0.392. The number of ether oxygens (including phenoxy) is 2. The molecule has 0 unspecified atom stereocenters. The number of benzene rings is 3. The van der Waals surface area contributed by atoms with Crippen molar-refractivity contribution in [1.29, 1.82) is 0 Å². The van der Waals surface area contributed by atoms with Gasteiger partial charge in [-0.25, -0.2) is 0 Å². The first-order chi connectivity index (χ1) is 14.7. The molecule has 152 valence electrons. The minimum atomic E-state index is 0.699. The molecular weight excluding hydrogens is 372 g/mol. The molecule has 0 saturated carbocycles. The van der Waals surface area contributed by atoms with Gasteiger partial charge in [0.2, 0.25) is 0 Å². The van der Waals surface area contributed by atoms with Crippen molar-refractivity contribution in [2.24, 2.45) is 0 Å². The fourth-order valence-corrected chi connectivity index (χ4v) is 3.80. The van der Waals surface area contributed by atoms with Crippen molar-refractivity contribution in [3.63, 3.8) is 0 Å². The second-order valence-corrected chi connectivity index (χ2v) is 7.14. The Hall–Kier alpha value is -3.53. The lowest BCUT2D eigenvalue weighted by Crippen LogP contribution is -2.04. The highest BCUT2D eigenvalue weighted by Gasteiger charge is 2.20. The molecule has 0 atom stereocenters. The van der Waals surface area contributed by atoms with E-state index in [1.165, 1.54) is 11.1 Å². The number of methoxy groups -OCH3 is 2. The number of hydrogen-bond acceptors (Lipinski definition) is 3. The average Bonchev–Trinajstić information content (AvgIpc) is 3.18. The molecule has 0 radical (unpaired) electrons. The molecule has 0 aliphatic carbocycles. The zero-order valence-electron chi connectivity index (χ0n) is 17.6. The monoisotopic (exact) mass is 398 g/mol. The van der Waals surface area contributed by atoms with Crippen LogP contribution in [0.1, 0.15) is 18.1 Å². The number of hydrogen-bond donors (Lipinski definition) is 0. The van der Waals surface area contributed by atoms with Gasteiger partial charge >= 0.3 is 0 Å². The molecule has 0 amide bonds. The largest absolute Gasteiger partial charge is 0.497 e. The third-order valence-corrected chi connectivity index (χ3v) is 5.27. The molecule has 1 aromatic heterocycles. The van der Waals surface area contributed by atoms with Crippen LogP contribution in [0.3, 0.4) is 0 Å². The predicted octanol–water partition coefficient (Wildman–Crippen LogP) is 5.85. The topological polar surface area (TPSA) is 36.3 Å². The molecule has 4 nitrogen and oxygen atoms in total. The molecule has 0 fully saturated rings. The zero-order valence-corrected chi connectivity index (χ0v) is 17.6. The molecule has 1 heterocycles. The number of aromatic nitrogens is 2. The van der Waals surface area contributed by atoms with Gasteiger partial charge in [0.1, 0.15) is 11.5 Å². The van der Waals surface area contributed by atoms with Crippen molar-refractivity contribution in [2.45, 2.75) is 19.9 Å². The first-order valence-corrected chi connectivity index (χ1v) is 10.2. The maximum absolute atomic E-state index is 5.48. The van der Waals surface area contributed by atoms with Gasteiger partial charge in [-0.05, 0) is 36.2 Å². The summed E-state index contributed by atoms with van der Waals surface area (Å²) < 4.78 is 13.0. The van der Waals surface area contributed by atoms with Crippen LogP contribution in [0.15, 0.2) is 78.9 Å². The Morgan fingerprint density at radius 2 is 1.40 bits per heavy atom. The zero-order chi connectivity index (χ0) is 20.9. The summed E-state index contributed by atoms with van der Waals surface area (Å²) in [7, 11) is 3.39. The summed E-state index contributed by atoms with van der Waals surface area (Å²) >= 11 is 0. The summed E-state index contributed by atoms with van der Waals surface area (Å²) in [6, 6.07) is 26.7. The van der Waals surface area contributed by atoms with E-state index in [1.54, 1.807) is 14.2 Å². The lowest BCUT2D eigenvalue weighted by molar-refractivity contribution is 0.415. The summed E-state index contributed by atoms with van der Waals surface area (Å²) in [5, 5.41) is 5.07. The Bertz CT molecular complexity index is 1130. The maximum atomic E-state index is 5.48. The number of nitrogens with zero attached hydrogens (tertiary/aromatic N) is 2. The summed E-state index contributed by atoms with van der Waals surface area (Å²) in [6.45, 7) is 2.88. The van der Waals surface area contributed by atoms with Crippen LogP contribution in [0.4, 0.5) is 0 Å². The molecule has 0 aliphatic heterocycles. The lowest BCUT2D eigenvalue weighted by Gasteiger charge is -2.11. The van der Waals surface area contributed by atoms with Crippen molar-refractivity contribution >= 4 is 0 Å². The molecular formula is C26H26N2O2. The van der Waals surface area contributed by atoms with E-state index in [-0.39, 0.29) is 0 Å². The normalized spacial score (nSPS) is 10.8. The molecule has 4 rings (SSSR count). The Morgan fingerprint density at radius 1 is 0.767 bits per heavy atom. The van der Waals surface area contributed by atoms with Crippen molar-refractivity contribution in [2.75, 3.05) is 14.2 Å². The smallest absolute Gasteiger partial charge is 0.119 e. The van der Waals surface area contributed by atoms with Crippen molar-refractivity contribution in [3.05, 3.63) is 90.0 Å². The van der Waals surface area contributed by atoms with Crippen LogP contribution in [0.25, 0.3) is 22.5 Å². The summed E-state index contributed by atoms with van der Waals surface area (Å²) in [6.07, 6.45) is 0.869. The van der Waals surface area contributed by atoms with Gasteiger partial charge in [0, 0.05) is 16.7 Å². The molecule has 4 aromatic rings. The summed E-state index contributed by atoms with van der Waals surface area (Å²) in [5.41, 5.74) is 6.70. The van der Waals surface area contributed by atoms with E-state index in [0.29, 0.717) is 6.54 Å². The Balaban J connectivity index is 1.91. The van der Waals surface area contributed by atoms with Crippen LogP contribution in [-0.4, -0.2) is 24.0 Å². The fourth-order valence-electron chi connectivity index (χ4n) is 3.80. The standard InChI is InChI=1S/C26H26N2O2/c1-4-24-25(20-12-8-14-22(16-20)29-2)27-28(18-19-10-6-5-7-11-19)26(24)21-13-9-15-23(17-21)30-3/h5-17H,4,18H2,1-3H3. The third-order valence-electron chi connectivity index (χ3n) is 5.27. The first-order valence-electron chi connectivity index (χ1n) is 10.2. The molecule has 0 bridgehead atoms. The van der Waals surface area contributed by atoms with Crippen LogP contribution in [0.5, 0.6) is 11.5 Å². The molecule has 4 heteroatoms. The third kappa shape index (κ3) is 3.94. The fraction of sp³-hybridized carbons (Fsp3) is 0.192. The van der Waals surface area contributed by atoms with E-state index in [1.807, 2.05) is 36.4 Å². The minimum absolute atomic E-state index is 0.699. The Morgan fingerprint density at radius 3 is 2.03 bits per heavy atom. The van der Waals surface area contributed by atoms with Gasteiger partial charge in [0.25, 0.3) is 0 Å². The van der Waals surface area contributed by atoms with Crippen molar-refractivity contribution in [3.8, 4) is 34.0 Å². The van der Waals surface area contributed by atoms with Gasteiger partial charge < -0.3 is 9.47 Å². The molecule has 0 aliphatic rings. The van der Waals surface area contributed by atoms with Crippen molar-refractivity contribution in [1.82, 2.24) is 9.78 Å². The molecule has 3 aromatic carbocycles. The van der Waals surface area contributed by atoms with Crippen LogP contribution < -0.4 is 9.47 Å². The maximum Gasteiger partial charge on any atom is 0.119 e. The number of rotatable bonds is 7. The van der Waals surface area contributed by atoms with E-state index in [9.17, 15) is 0 Å². The summed E-state index contributed by atoms with van der Waals surface area (Å²) in [4.78, 5) is 0. The van der Waals surface area contributed by atoms with Gasteiger partial charge in [-0.15, -0.1) is 0 Å². The Kier molecular flexibility index (Phi) is 5.84. The van der Waals surface area contributed by atoms with E-state index in [0.717, 1.165) is 40.4 Å². The molecule has 0 N–H and O–H groups in total. The lowest BCUT2D eigenvalue weighted by atomic mass is 9.99. The van der Waals surface area contributed by atoms with Crippen LogP contribution >= 0.6 is 0 Å². The first kappa shape index (κ1) is 19.8. The highest BCUT2D eigenvalue weighted by atomic mass is 16.5. The van der Waals surface area contributed by atoms with Gasteiger partial charge in [0.15, 0.2) is 0 Å². The predicted molar refractivity (Wildman–Crippen MR) is 121 cm³/mol. The second kappa shape index (κ2) is 8.87. The minimum Gasteiger partial charge on any atom is -0.497 e. The highest BCUT2D eigenvalue weighted by molar-refractivity contribution is 5.76.